The molecule has 0 radical (unpaired) electrons. The highest BCUT2D eigenvalue weighted by Crippen LogP contribution is 2.38. The summed E-state index contributed by atoms with van der Waals surface area (Å²) in [6.07, 6.45) is 2.77. The van der Waals surface area contributed by atoms with E-state index in [1.54, 1.807) is 0 Å². The van der Waals surface area contributed by atoms with E-state index in [4.69, 9.17) is 52.8 Å². The number of primary amides is 1. The first-order valence-electron chi connectivity index (χ1n) is 7.45. The minimum atomic E-state index is -1.82. The average Bonchev–Trinajstić information content (AvgIpc) is 2.82. The Hall–Kier alpha value is -0.800. The summed E-state index contributed by atoms with van der Waals surface area (Å²) in [4.78, 5) is 24.3. The number of thiocarbonyl (C=S) groups is 1. The van der Waals surface area contributed by atoms with Gasteiger partial charge in [0.15, 0.2) is 5.11 Å². The van der Waals surface area contributed by atoms with Gasteiger partial charge >= 0.3 is 0 Å². The molecule has 0 aliphatic heterocycles. The van der Waals surface area contributed by atoms with Crippen LogP contribution in [-0.2, 0) is 17.6 Å². The fourth-order valence-corrected chi connectivity index (χ4v) is 4.50. The maximum Gasteiger partial charge on any atom is 0.251 e. The highest BCUT2D eigenvalue weighted by Gasteiger charge is 2.34. The molecule has 0 fully saturated rings. The molecule has 0 spiro atoms. The van der Waals surface area contributed by atoms with E-state index in [1.165, 1.54) is 18.3 Å². The minimum Gasteiger partial charge on any atom is -0.365 e. The fraction of sp³-hybridized carbons (Fsp3) is 0.500. The number of hydrogen-bond acceptors (Lipinski definition) is 4. The van der Waals surface area contributed by atoms with E-state index in [1.807, 2.05) is 0 Å². The van der Waals surface area contributed by atoms with Crippen molar-refractivity contribution in [2.45, 2.75) is 42.6 Å². The van der Waals surface area contributed by atoms with E-state index in [0.29, 0.717) is 10.6 Å². The molecule has 138 valence electrons. The van der Waals surface area contributed by atoms with Crippen LogP contribution in [0.5, 0.6) is 0 Å². The van der Waals surface area contributed by atoms with Crippen molar-refractivity contribution in [2.24, 2.45) is 5.73 Å². The lowest BCUT2D eigenvalue weighted by molar-refractivity contribution is -0.119. The number of amides is 2. The second kappa shape index (κ2) is 8.26. The van der Waals surface area contributed by atoms with E-state index in [2.05, 4.69) is 16.0 Å². The Labute approximate surface area is 169 Å². The number of aryl methyl sites for hydroxylation is 1. The summed E-state index contributed by atoms with van der Waals surface area (Å²) < 4.78 is -1.82. The third kappa shape index (κ3) is 5.34. The Morgan fingerprint density at radius 2 is 1.88 bits per heavy atom. The maximum atomic E-state index is 11.9. The Bertz CT molecular complexity index is 703. The molecule has 1 aromatic heterocycles. The normalized spacial score (nSPS) is 15.0. The summed E-state index contributed by atoms with van der Waals surface area (Å²) in [7, 11) is 0. The molecule has 2 amide bonds. The molecule has 5 N–H and O–H groups in total. The van der Waals surface area contributed by atoms with Crippen molar-refractivity contribution < 1.29 is 9.59 Å². The van der Waals surface area contributed by atoms with Crippen LogP contribution < -0.4 is 21.7 Å². The molecule has 11 heteroatoms. The number of rotatable bonds is 4. The van der Waals surface area contributed by atoms with Crippen LogP contribution in [0.1, 0.15) is 40.6 Å². The number of thiophene rings is 1. The number of carbonyl (C=O) groups excluding carboxylic acids is 2. The fourth-order valence-electron chi connectivity index (χ4n) is 2.59. The minimum absolute atomic E-state index is 0.103. The smallest absolute Gasteiger partial charge is 0.251 e. The zero-order valence-corrected chi connectivity index (χ0v) is 17.2. The summed E-state index contributed by atoms with van der Waals surface area (Å²) in [5.41, 5.74) is 6.97. The quantitative estimate of drug-likeness (QED) is 0.326. The van der Waals surface area contributed by atoms with E-state index < -0.39 is 21.8 Å². The van der Waals surface area contributed by atoms with Crippen molar-refractivity contribution >= 4 is 80.3 Å². The van der Waals surface area contributed by atoms with Crippen LogP contribution in [0, 0.1) is 0 Å². The van der Waals surface area contributed by atoms with Crippen molar-refractivity contribution in [3.63, 3.8) is 0 Å². The Morgan fingerprint density at radius 1 is 1.24 bits per heavy atom. The van der Waals surface area contributed by atoms with Crippen LogP contribution in [-0.4, -0.2) is 26.9 Å². The van der Waals surface area contributed by atoms with Crippen molar-refractivity contribution in [3.8, 4) is 0 Å². The molecule has 1 heterocycles. The van der Waals surface area contributed by atoms with Gasteiger partial charge in [0.2, 0.25) is 9.70 Å². The Kier molecular flexibility index (Phi) is 6.78. The SMILES string of the molecule is CC(=O)N[C@H](NC(=S)Nc1sc2c(c1C(N)=O)CCCC2)C(Cl)(Cl)Cl. The maximum absolute atomic E-state index is 11.9. The van der Waals surface area contributed by atoms with Crippen LogP contribution in [0.4, 0.5) is 5.00 Å². The number of hydrogen-bond donors (Lipinski definition) is 4. The van der Waals surface area contributed by atoms with Crippen LogP contribution in [0.2, 0.25) is 0 Å². The lowest BCUT2D eigenvalue weighted by Gasteiger charge is -2.27. The summed E-state index contributed by atoms with van der Waals surface area (Å²) >= 11 is 24.2. The number of fused-ring (bicyclic) bond motifs is 1. The zero-order valence-electron chi connectivity index (χ0n) is 13.3. The Balaban J connectivity index is 2.18. The summed E-state index contributed by atoms with van der Waals surface area (Å²) in [6, 6.07) is 0. The van der Waals surface area contributed by atoms with Gasteiger partial charge in [-0.2, -0.15) is 0 Å². The van der Waals surface area contributed by atoms with E-state index in [-0.39, 0.29) is 5.11 Å². The average molecular weight is 444 g/mol. The molecule has 0 bridgehead atoms. The predicted octanol–water partition coefficient (Wildman–Crippen LogP) is 2.84. The van der Waals surface area contributed by atoms with Gasteiger partial charge in [0, 0.05) is 11.8 Å². The van der Waals surface area contributed by atoms with Gasteiger partial charge < -0.3 is 21.7 Å². The first-order valence-corrected chi connectivity index (χ1v) is 9.81. The van der Waals surface area contributed by atoms with Crippen LogP contribution in [0.15, 0.2) is 0 Å². The molecule has 0 saturated heterocycles. The third-order valence-electron chi connectivity index (χ3n) is 3.60. The zero-order chi connectivity index (χ0) is 18.8. The van der Waals surface area contributed by atoms with E-state index >= 15 is 0 Å². The van der Waals surface area contributed by atoms with Crippen molar-refractivity contribution in [3.05, 3.63) is 16.0 Å². The van der Waals surface area contributed by atoms with Gasteiger partial charge in [-0.15, -0.1) is 11.3 Å². The number of anilines is 1. The molecule has 1 aromatic rings. The van der Waals surface area contributed by atoms with Gasteiger partial charge in [-0.05, 0) is 43.5 Å². The number of alkyl halides is 3. The van der Waals surface area contributed by atoms with Gasteiger partial charge in [-0.3, -0.25) is 9.59 Å². The number of nitrogens with two attached hydrogens (primary N) is 1. The summed E-state index contributed by atoms with van der Waals surface area (Å²) in [6.45, 7) is 1.29. The first-order chi connectivity index (χ1) is 11.6. The molecule has 0 unspecified atom stereocenters. The topological polar surface area (TPSA) is 96.2 Å². The van der Waals surface area contributed by atoms with Crippen LogP contribution >= 0.6 is 58.4 Å². The van der Waals surface area contributed by atoms with Gasteiger partial charge in [0.05, 0.1) is 5.56 Å². The van der Waals surface area contributed by atoms with Gasteiger partial charge in [0.25, 0.3) is 5.91 Å². The standard InChI is InChI=1S/C14H17Cl3N4O2S2/c1-6(22)19-12(14(15,16)17)21-13(24)20-11-9(10(18)23)7-4-2-3-5-8(7)25-11/h12H,2-5H2,1H3,(H2,18,23)(H,19,22)(H2,20,21,24)/t12-/m1/s1. The van der Waals surface area contributed by atoms with Gasteiger partial charge in [-0.1, -0.05) is 34.8 Å². The molecule has 2 rings (SSSR count). The molecule has 1 aliphatic carbocycles. The molecule has 0 aromatic carbocycles. The highest BCUT2D eigenvalue weighted by molar-refractivity contribution is 7.80. The van der Waals surface area contributed by atoms with Crippen molar-refractivity contribution in [1.82, 2.24) is 10.6 Å². The largest absolute Gasteiger partial charge is 0.365 e. The highest BCUT2D eigenvalue weighted by atomic mass is 35.6. The van der Waals surface area contributed by atoms with Gasteiger partial charge in [0.1, 0.15) is 11.2 Å². The predicted molar refractivity (Wildman–Crippen MR) is 107 cm³/mol. The van der Waals surface area contributed by atoms with Crippen LogP contribution in [0.3, 0.4) is 0 Å². The Morgan fingerprint density at radius 3 is 2.44 bits per heavy atom. The summed E-state index contributed by atoms with van der Waals surface area (Å²) in [5.74, 6) is -0.902. The second-order valence-corrected chi connectivity index (χ2v) is 9.44. The van der Waals surface area contributed by atoms with Gasteiger partial charge in [-0.25, -0.2) is 0 Å². The molecule has 6 nitrogen and oxygen atoms in total. The number of carbonyl (C=O) groups is 2. The monoisotopic (exact) mass is 442 g/mol. The molecular weight excluding hydrogens is 427 g/mol. The lowest BCUT2D eigenvalue weighted by atomic mass is 9.95. The molecular formula is C14H17Cl3N4O2S2. The molecule has 1 atom stereocenters. The van der Waals surface area contributed by atoms with Crippen LogP contribution in [0.25, 0.3) is 0 Å². The number of halogens is 3. The van der Waals surface area contributed by atoms with E-state index in [0.717, 1.165) is 36.1 Å². The molecule has 0 saturated carbocycles. The second-order valence-electron chi connectivity index (χ2n) is 5.55. The summed E-state index contributed by atoms with van der Waals surface area (Å²) in [5, 5.41) is 8.79. The molecule has 25 heavy (non-hydrogen) atoms. The molecule has 1 aliphatic rings. The third-order valence-corrected chi connectivity index (χ3v) is 5.68. The van der Waals surface area contributed by atoms with E-state index in [9.17, 15) is 9.59 Å². The number of nitrogens with one attached hydrogen (secondary N) is 3. The van der Waals surface area contributed by atoms with Crippen molar-refractivity contribution in [2.75, 3.05) is 5.32 Å². The lowest BCUT2D eigenvalue weighted by Crippen LogP contribution is -2.55. The van der Waals surface area contributed by atoms with Crippen molar-refractivity contribution in [1.29, 1.82) is 0 Å². The first kappa shape index (κ1) is 20.5.